The minimum Gasteiger partial charge on any atom is -0.497 e. The zero-order valence-corrected chi connectivity index (χ0v) is 19.8. The second-order valence-corrected chi connectivity index (χ2v) is 9.23. The van der Waals surface area contributed by atoms with E-state index >= 15 is 0 Å². The van der Waals surface area contributed by atoms with Gasteiger partial charge in [0.25, 0.3) is 0 Å². The minimum absolute atomic E-state index is 0.0295. The van der Waals surface area contributed by atoms with Crippen LogP contribution < -0.4 is 9.64 Å². The number of carbonyl (C=O) groups excluding carboxylic acids is 1. The molecule has 0 aliphatic carbocycles. The van der Waals surface area contributed by atoms with Crippen molar-refractivity contribution in [3.05, 3.63) is 41.4 Å². The SMILES string of the molecule is COc1ccc2[nH]c(-c3cc(N4CCC(C(=O)N5CCC(OC)CC5)C4)ccc3Cl)nc2c1. The first-order chi connectivity index (χ1) is 16.1. The van der Waals surface area contributed by atoms with Gasteiger partial charge >= 0.3 is 0 Å². The first kappa shape index (κ1) is 22.0. The number of aromatic amines is 1. The van der Waals surface area contributed by atoms with Crippen LogP contribution in [0.15, 0.2) is 36.4 Å². The zero-order chi connectivity index (χ0) is 22.9. The molecule has 2 aliphatic heterocycles. The number of halogens is 1. The summed E-state index contributed by atoms with van der Waals surface area (Å²) in [6.07, 6.45) is 2.98. The molecule has 1 atom stereocenters. The van der Waals surface area contributed by atoms with Gasteiger partial charge in [0, 0.05) is 50.6 Å². The van der Waals surface area contributed by atoms with Crippen molar-refractivity contribution >= 4 is 34.2 Å². The van der Waals surface area contributed by atoms with Crippen molar-refractivity contribution in [3.8, 4) is 17.1 Å². The van der Waals surface area contributed by atoms with Crippen molar-refractivity contribution in [2.45, 2.75) is 25.4 Å². The number of fused-ring (bicyclic) bond motifs is 1. The van der Waals surface area contributed by atoms with E-state index < -0.39 is 0 Å². The highest BCUT2D eigenvalue weighted by Crippen LogP contribution is 2.34. The predicted octanol–water partition coefficient (Wildman–Crippen LogP) is 4.36. The number of methoxy groups -OCH3 is 2. The number of amides is 1. The number of carbonyl (C=O) groups is 1. The molecule has 1 N–H and O–H groups in total. The molecule has 7 nitrogen and oxygen atoms in total. The molecule has 1 aromatic heterocycles. The quantitative estimate of drug-likeness (QED) is 0.602. The topological polar surface area (TPSA) is 70.7 Å². The molecule has 174 valence electrons. The number of nitrogens with zero attached hydrogens (tertiary/aromatic N) is 3. The Kier molecular flexibility index (Phi) is 6.17. The van der Waals surface area contributed by atoms with E-state index in [0.29, 0.717) is 5.02 Å². The third kappa shape index (κ3) is 4.39. The lowest BCUT2D eigenvalue weighted by Gasteiger charge is -2.33. The number of H-pyrrole nitrogens is 1. The summed E-state index contributed by atoms with van der Waals surface area (Å²) >= 11 is 6.55. The molecule has 1 unspecified atom stereocenters. The van der Waals surface area contributed by atoms with Crippen LogP contribution in [0.1, 0.15) is 19.3 Å². The Morgan fingerprint density at radius 3 is 2.67 bits per heavy atom. The fourth-order valence-corrected chi connectivity index (χ4v) is 5.11. The molecule has 1 amide bonds. The Morgan fingerprint density at radius 2 is 1.91 bits per heavy atom. The van der Waals surface area contributed by atoms with Crippen LogP contribution in [0.4, 0.5) is 5.69 Å². The molecule has 3 aromatic rings. The van der Waals surface area contributed by atoms with E-state index in [1.807, 2.05) is 35.2 Å². The largest absolute Gasteiger partial charge is 0.497 e. The molecule has 3 heterocycles. The Morgan fingerprint density at radius 1 is 1.09 bits per heavy atom. The van der Waals surface area contributed by atoms with Crippen molar-refractivity contribution in [2.75, 3.05) is 45.3 Å². The van der Waals surface area contributed by atoms with Crippen molar-refractivity contribution in [1.29, 1.82) is 0 Å². The monoisotopic (exact) mass is 468 g/mol. The summed E-state index contributed by atoms with van der Waals surface area (Å²) in [4.78, 5) is 25.5. The summed E-state index contributed by atoms with van der Waals surface area (Å²) < 4.78 is 10.7. The van der Waals surface area contributed by atoms with Crippen molar-refractivity contribution < 1.29 is 14.3 Å². The molecule has 2 saturated heterocycles. The van der Waals surface area contributed by atoms with Gasteiger partial charge in [-0.25, -0.2) is 4.98 Å². The predicted molar refractivity (Wildman–Crippen MR) is 130 cm³/mol. The number of likely N-dealkylation sites (tertiary alicyclic amines) is 1. The first-order valence-corrected chi connectivity index (χ1v) is 11.8. The van der Waals surface area contributed by atoms with E-state index in [0.717, 1.165) is 79.3 Å². The summed E-state index contributed by atoms with van der Waals surface area (Å²) in [5.74, 6) is 1.78. The second-order valence-electron chi connectivity index (χ2n) is 8.82. The fourth-order valence-electron chi connectivity index (χ4n) is 4.90. The van der Waals surface area contributed by atoms with Crippen molar-refractivity contribution in [3.63, 3.8) is 0 Å². The standard InChI is InChI=1S/C25H29ClN4O3/c1-32-18-8-11-29(12-9-18)25(31)16-7-10-30(15-16)17-3-5-21(26)20(13-17)24-27-22-6-4-19(33-2)14-23(22)28-24/h3-6,13-14,16,18H,7-12,15H2,1-2H3,(H,27,28). The Balaban J connectivity index is 1.32. The van der Waals surface area contributed by atoms with Crippen LogP contribution in [0, 0.1) is 5.92 Å². The van der Waals surface area contributed by atoms with E-state index in [-0.39, 0.29) is 17.9 Å². The van der Waals surface area contributed by atoms with Crippen LogP contribution in [0.3, 0.4) is 0 Å². The average Bonchev–Trinajstić information content (AvgIpc) is 3.51. The van der Waals surface area contributed by atoms with Gasteiger partial charge in [-0.2, -0.15) is 0 Å². The summed E-state index contributed by atoms with van der Waals surface area (Å²) in [5, 5.41) is 0.637. The molecule has 8 heteroatoms. The van der Waals surface area contributed by atoms with Gasteiger partial charge in [0.1, 0.15) is 11.6 Å². The summed E-state index contributed by atoms with van der Waals surface area (Å²) in [6, 6.07) is 11.8. The maximum Gasteiger partial charge on any atom is 0.227 e. The highest BCUT2D eigenvalue weighted by molar-refractivity contribution is 6.33. The number of aromatic nitrogens is 2. The number of rotatable bonds is 5. The third-order valence-corrected chi connectivity index (χ3v) is 7.21. The van der Waals surface area contributed by atoms with Gasteiger partial charge < -0.3 is 24.3 Å². The van der Waals surface area contributed by atoms with Crippen molar-refractivity contribution in [1.82, 2.24) is 14.9 Å². The molecule has 2 aliphatic rings. The van der Waals surface area contributed by atoms with E-state index in [1.54, 1.807) is 14.2 Å². The zero-order valence-electron chi connectivity index (χ0n) is 19.0. The van der Waals surface area contributed by atoms with E-state index in [2.05, 4.69) is 16.0 Å². The third-order valence-electron chi connectivity index (χ3n) is 6.88. The molecule has 0 radical (unpaired) electrons. The molecule has 2 fully saturated rings. The van der Waals surface area contributed by atoms with Gasteiger partial charge in [0.15, 0.2) is 0 Å². The molecular formula is C25H29ClN4O3. The smallest absolute Gasteiger partial charge is 0.227 e. The van der Waals surface area contributed by atoms with Crippen LogP contribution >= 0.6 is 11.6 Å². The number of hydrogen-bond acceptors (Lipinski definition) is 5. The fraction of sp³-hybridized carbons (Fsp3) is 0.440. The van der Waals surface area contributed by atoms with E-state index in [1.165, 1.54) is 0 Å². The molecule has 0 bridgehead atoms. The van der Waals surface area contributed by atoms with Crippen LogP contribution in [-0.4, -0.2) is 67.3 Å². The van der Waals surface area contributed by atoms with Crippen LogP contribution in [0.2, 0.25) is 5.02 Å². The number of ether oxygens (including phenoxy) is 2. The minimum atomic E-state index is 0.0295. The number of imidazole rings is 1. The van der Waals surface area contributed by atoms with Gasteiger partial charge in [-0.15, -0.1) is 0 Å². The molecule has 0 spiro atoms. The van der Waals surface area contributed by atoms with E-state index in [9.17, 15) is 4.79 Å². The average molecular weight is 469 g/mol. The van der Waals surface area contributed by atoms with Gasteiger partial charge in [-0.3, -0.25) is 4.79 Å². The van der Waals surface area contributed by atoms with Gasteiger partial charge in [-0.05, 0) is 49.6 Å². The Hall–Kier alpha value is -2.77. The molecule has 33 heavy (non-hydrogen) atoms. The number of anilines is 1. The Bertz CT molecular complexity index is 1160. The lowest BCUT2D eigenvalue weighted by Crippen LogP contribution is -2.44. The number of hydrogen-bond donors (Lipinski definition) is 1. The van der Waals surface area contributed by atoms with Crippen LogP contribution in [0.5, 0.6) is 5.75 Å². The second kappa shape index (κ2) is 9.23. The summed E-state index contributed by atoms with van der Waals surface area (Å²) in [5.41, 5.74) is 3.66. The highest BCUT2D eigenvalue weighted by Gasteiger charge is 2.33. The maximum absolute atomic E-state index is 13.1. The lowest BCUT2D eigenvalue weighted by molar-refractivity contribution is -0.137. The molecule has 5 rings (SSSR count). The highest BCUT2D eigenvalue weighted by atomic mass is 35.5. The maximum atomic E-state index is 13.1. The lowest BCUT2D eigenvalue weighted by atomic mass is 10.0. The van der Waals surface area contributed by atoms with Crippen LogP contribution in [0.25, 0.3) is 22.4 Å². The Labute approximate surface area is 198 Å². The summed E-state index contributed by atoms with van der Waals surface area (Å²) in [6.45, 7) is 3.15. The summed E-state index contributed by atoms with van der Waals surface area (Å²) in [7, 11) is 3.39. The number of nitrogens with one attached hydrogen (secondary N) is 1. The molecular weight excluding hydrogens is 440 g/mol. The number of piperidine rings is 1. The number of benzene rings is 2. The van der Waals surface area contributed by atoms with Gasteiger partial charge in [0.2, 0.25) is 5.91 Å². The first-order valence-electron chi connectivity index (χ1n) is 11.5. The van der Waals surface area contributed by atoms with Crippen LogP contribution in [-0.2, 0) is 9.53 Å². The van der Waals surface area contributed by atoms with Gasteiger partial charge in [-0.1, -0.05) is 11.6 Å². The normalized spacial score (nSPS) is 19.4. The molecule has 2 aromatic carbocycles. The van der Waals surface area contributed by atoms with E-state index in [4.69, 9.17) is 26.1 Å². The van der Waals surface area contributed by atoms with Gasteiger partial charge in [0.05, 0.1) is 35.2 Å². The van der Waals surface area contributed by atoms with Crippen molar-refractivity contribution in [2.24, 2.45) is 5.92 Å². The molecule has 0 saturated carbocycles.